The normalized spacial score (nSPS) is 25.4. The molecular weight excluding hydrogens is 326 g/mol. The fourth-order valence-corrected chi connectivity index (χ4v) is 4.27. The van der Waals surface area contributed by atoms with Crippen LogP contribution in [0.2, 0.25) is 0 Å². The summed E-state index contributed by atoms with van der Waals surface area (Å²) in [7, 11) is 0. The Bertz CT molecular complexity index is 636. The summed E-state index contributed by atoms with van der Waals surface area (Å²) in [6.07, 6.45) is 5.12. The number of piperidine rings is 1. The summed E-state index contributed by atoms with van der Waals surface area (Å²) in [5, 5.41) is 0. The Morgan fingerprint density at radius 2 is 1.86 bits per heavy atom. The average Bonchev–Trinajstić information content (AvgIpc) is 2.85. The fourth-order valence-electron chi connectivity index (χ4n) is 3.93. The van der Waals surface area contributed by atoms with Gasteiger partial charge in [-0.3, -0.25) is 4.90 Å². The molecule has 0 radical (unpaired) electrons. The van der Waals surface area contributed by atoms with E-state index in [-0.39, 0.29) is 0 Å². The molecule has 2 aliphatic heterocycles. The van der Waals surface area contributed by atoms with Gasteiger partial charge in [0.15, 0.2) is 4.67 Å². The van der Waals surface area contributed by atoms with Crippen LogP contribution in [0.25, 0.3) is 0 Å². The predicted molar refractivity (Wildman–Crippen MR) is 87.2 cm³/mol. The first-order valence-electron chi connectivity index (χ1n) is 7.83. The number of halogens is 1. The second kappa shape index (κ2) is 5.62. The third kappa shape index (κ3) is 2.82. The summed E-state index contributed by atoms with van der Waals surface area (Å²) in [6.45, 7) is 2.15. The number of rotatable bonds is 2. The van der Waals surface area contributed by atoms with Gasteiger partial charge < -0.3 is 4.42 Å². The van der Waals surface area contributed by atoms with Gasteiger partial charge in [-0.1, -0.05) is 24.3 Å². The highest BCUT2D eigenvalue weighted by Crippen LogP contribution is 2.33. The van der Waals surface area contributed by atoms with Gasteiger partial charge in [0.05, 0.1) is 6.54 Å². The molecule has 1 aromatic carbocycles. The number of hydrogen-bond donors (Lipinski definition) is 0. The summed E-state index contributed by atoms with van der Waals surface area (Å²) in [6, 6.07) is 13.7. The van der Waals surface area contributed by atoms with Crippen molar-refractivity contribution in [2.45, 2.75) is 38.3 Å². The van der Waals surface area contributed by atoms with Gasteiger partial charge in [-0.05, 0) is 70.8 Å². The molecule has 2 atom stereocenters. The Labute approximate surface area is 134 Å². The minimum atomic E-state index is 0.659. The topological polar surface area (TPSA) is 16.4 Å². The SMILES string of the molecule is Brc1ccc(CN2C[C@H]3CC[C@@H]2Cc2ccccc2C3)o1. The van der Waals surface area contributed by atoms with E-state index < -0.39 is 0 Å². The highest BCUT2D eigenvalue weighted by atomic mass is 79.9. The van der Waals surface area contributed by atoms with Gasteiger partial charge in [0.2, 0.25) is 0 Å². The number of nitrogens with zero attached hydrogens (tertiary/aromatic N) is 1. The Morgan fingerprint density at radius 1 is 1.05 bits per heavy atom. The standard InChI is InChI=1S/C18H20BrNO/c19-18-8-7-17(21-18)12-20-11-13-5-6-16(20)10-15-4-2-1-3-14(15)9-13/h1-4,7-8,13,16H,5-6,9-12H2/t13-,16+/m0/s1. The molecule has 0 spiro atoms. The molecule has 3 aliphatic rings. The molecule has 1 aliphatic carbocycles. The largest absolute Gasteiger partial charge is 0.453 e. The van der Waals surface area contributed by atoms with E-state index in [1.165, 1.54) is 32.2 Å². The second-order valence-electron chi connectivity index (χ2n) is 6.41. The first-order chi connectivity index (χ1) is 10.3. The van der Waals surface area contributed by atoms with E-state index in [9.17, 15) is 0 Å². The van der Waals surface area contributed by atoms with Crippen molar-refractivity contribution in [1.29, 1.82) is 0 Å². The smallest absolute Gasteiger partial charge is 0.169 e. The summed E-state index contributed by atoms with van der Waals surface area (Å²) in [4.78, 5) is 2.63. The molecule has 0 amide bonds. The lowest BCUT2D eigenvalue weighted by Gasteiger charge is -2.42. The van der Waals surface area contributed by atoms with Gasteiger partial charge >= 0.3 is 0 Å². The van der Waals surface area contributed by atoms with Crippen LogP contribution in [0, 0.1) is 5.92 Å². The van der Waals surface area contributed by atoms with Crippen LogP contribution in [-0.4, -0.2) is 17.5 Å². The van der Waals surface area contributed by atoms with Gasteiger partial charge in [0, 0.05) is 12.6 Å². The van der Waals surface area contributed by atoms with Crippen molar-refractivity contribution < 1.29 is 4.42 Å². The van der Waals surface area contributed by atoms with E-state index >= 15 is 0 Å². The maximum atomic E-state index is 5.71. The number of furan rings is 1. The third-order valence-corrected chi connectivity index (χ3v) is 5.41. The molecule has 0 N–H and O–H groups in total. The molecular formula is C18H20BrNO. The molecule has 5 rings (SSSR count). The molecule has 0 unspecified atom stereocenters. The molecule has 1 aromatic heterocycles. The van der Waals surface area contributed by atoms with Crippen molar-refractivity contribution in [3.8, 4) is 0 Å². The molecule has 3 heteroatoms. The number of benzene rings is 1. The monoisotopic (exact) mass is 345 g/mol. The molecule has 2 aromatic rings. The van der Waals surface area contributed by atoms with E-state index in [2.05, 4.69) is 51.2 Å². The summed E-state index contributed by atoms with van der Waals surface area (Å²) < 4.78 is 6.54. The van der Waals surface area contributed by atoms with E-state index in [0.29, 0.717) is 6.04 Å². The molecule has 0 saturated carbocycles. The van der Waals surface area contributed by atoms with Crippen LogP contribution in [0.3, 0.4) is 0 Å². The summed E-state index contributed by atoms with van der Waals surface area (Å²) in [5.41, 5.74) is 3.13. The highest BCUT2D eigenvalue weighted by molar-refractivity contribution is 9.10. The first-order valence-corrected chi connectivity index (χ1v) is 8.62. The van der Waals surface area contributed by atoms with Gasteiger partial charge in [0.1, 0.15) is 5.76 Å². The zero-order valence-corrected chi connectivity index (χ0v) is 13.7. The average molecular weight is 346 g/mol. The molecule has 3 heterocycles. The lowest BCUT2D eigenvalue weighted by atomic mass is 9.80. The molecule has 2 nitrogen and oxygen atoms in total. The molecule has 2 bridgehead atoms. The van der Waals surface area contributed by atoms with Crippen molar-refractivity contribution in [1.82, 2.24) is 4.90 Å². The van der Waals surface area contributed by atoms with Gasteiger partial charge in [-0.25, -0.2) is 0 Å². The number of fused-ring (bicyclic) bond motifs is 2. The van der Waals surface area contributed by atoms with Crippen molar-refractivity contribution >= 4 is 15.9 Å². The van der Waals surface area contributed by atoms with Crippen LogP contribution in [0.1, 0.15) is 29.7 Å². The quantitative estimate of drug-likeness (QED) is 0.800. The highest BCUT2D eigenvalue weighted by Gasteiger charge is 2.32. The van der Waals surface area contributed by atoms with Crippen molar-refractivity contribution in [3.05, 3.63) is 58.0 Å². The van der Waals surface area contributed by atoms with Crippen LogP contribution >= 0.6 is 15.9 Å². The zero-order chi connectivity index (χ0) is 14.2. The van der Waals surface area contributed by atoms with E-state index in [0.717, 1.165) is 22.9 Å². The molecule has 1 saturated heterocycles. The second-order valence-corrected chi connectivity index (χ2v) is 7.19. The minimum absolute atomic E-state index is 0.659. The van der Waals surface area contributed by atoms with E-state index in [4.69, 9.17) is 4.42 Å². The van der Waals surface area contributed by atoms with Gasteiger partial charge in [-0.15, -0.1) is 0 Å². The van der Waals surface area contributed by atoms with Crippen LogP contribution in [0.5, 0.6) is 0 Å². The Balaban J connectivity index is 1.58. The van der Waals surface area contributed by atoms with Crippen molar-refractivity contribution in [2.75, 3.05) is 6.54 Å². The third-order valence-electron chi connectivity index (χ3n) is 4.99. The lowest BCUT2D eigenvalue weighted by molar-refractivity contribution is 0.0864. The van der Waals surface area contributed by atoms with Crippen molar-refractivity contribution in [2.24, 2.45) is 5.92 Å². The molecule has 1 fully saturated rings. The van der Waals surface area contributed by atoms with Crippen LogP contribution in [0.4, 0.5) is 0 Å². The molecule has 21 heavy (non-hydrogen) atoms. The maximum absolute atomic E-state index is 5.71. The maximum Gasteiger partial charge on any atom is 0.169 e. The Kier molecular flexibility index (Phi) is 3.64. The zero-order valence-electron chi connectivity index (χ0n) is 12.1. The molecule has 110 valence electrons. The summed E-state index contributed by atoms with van der Waals surface area (Å²) in [5.74, 6) is 1.86. The summed E-state index contributed by atoms with van der Waals surface area (Å²) >= 11 is 3.40. The van der Waals surface area contributed by atoms with Gasteiger partial charge in [0.25, 0.3) is 0 Å². The van der Waals surface area contributed by atoms with E-state index in [1.807, 2.05) is 6.07 Å². The fraction of sp³-hybridized carbons (Fsp3) is 0.444. The number of hydrogen-bond acceptors (Lipinski definition) is 2. The minimum Gasteiger partial charge on any atom is -0.453 e. The Hall–Kier alpha value is -1.06. The Morgan fingerprint density at radius 3 is 2.62 bits per heavy atom. The lowest BCUT2D eigenvalue weighted by Crippen LogP contribution is -2.46. The van der Waals surface area contributed by atoms with Crippen molar-refractivity contribution in [3.63, 3.8) is 0 Å². The predicted octanol–water partition coefficient (Wildman–Crippen LogP) is 4.42. The van der Waals surface area contributed by atoms with E-state index in [1.54, 1.807) is 11.1 Å². The first kappa shape index (κ1) is 13.6. The van der Waals surface area contributed by atoms with Gasteiger partial charge in [-0.2, -0.15) is 0 Å². The van der Waals surface area contributed by atoms with Crippen LogP contribution in [0.15, 0.2) is 45.5 Å². The van der Waals surface area contributed by atoms with Crippen LogP contribution in [-0.2, 0) is 19.4 Å². The van der Waals surface area contributed by atoms with Crippen LogP contribution < -0.4 is 0 Å².